The van der Waals surface area contributed by atoms with E-state index in [4.69, 9.17) is 0 Å². The van der Waals surface area contributed by atoms with Gasteiger partial charge in [0.1, 0.15) is 16.2 Å². The number of hydrazine groups is 1. The highest BCUT2D eigenvalue weighted by Crippen LogP contribution is 2.35. The Morgan fingerprint density at radius 2 is 1.85 bits per heavy atom. The SMILES string of the molecule is Cc1sc2ncnc(S[C@@H](C)C(=O)NNC(=O)c3ccccc3)c2c1C. The molecule has 0 fully saturated rings. The standard InChI is InChI=1S/C18H18N4O2S2/c1-10-11(2)25-17-14(10)18(20-9-19-17)26-12(3)15(23)21-22-16(24)13-7-5-4-6-8-13/h4-9,12H,1-3H3,(H,21,23)(H,22,24)/t12-/m0/s1. The normalized spacial score (nSPS) is 12.0. The number of fused-ring (bicyclic) bond motifs is 1. The Hall–Kier alpha value is -2.45. The maximum atomic E-state index is 12.3. The van der Waals surface area contributed by atoms with Gasteiger partial charge in [0.15, 0.2) is 0 Å². The maximum Gasteiger partial charge on any atom is 0.269 e. The van der Waals surface area contributed by atoms with Crippen molar-refractivity contribution in [2.24, 2.45) is 0 Å². The quantitative estimate of drug-likeness (QED) is 0.408. The average molecular weight is 387 g/mol. The lowest BCUT2D eigenvalue weighted by Crippen LogP contribution is -2.44. The molecule has 3 aromatic rings. The molecule has 134 valence electrons. The van der Waals surface area contributed by atoms with E-state index in [9.17, 15) is 9.59 Å². The molecule has 1 atom stereocenters. The summed E-state index contributed by atoms with van der Waals surface area (Å²) in [5.74, 6) is -0.652. The fraction of sp³-hybridized carbons (Fsp3) is 0.222. The van der Waals surface area contributed by atoms with Crippen molar-refractivity contribution in [2.45, 2.75) is 31.0 Å². The van der Waals surface area contributed by atoms with E-state index in [1.807, 2.05) is 19.9 Å². The summed E-state index contributed by atoms with van der Waals surface area (Å²) in [6, 6.07) is 8.71. The van der Waals surface area contributed by atoms with Crippen LogP contribution < -0.4 is 10.9 Å². The Labute approximate surface area is 159 Å². The van der Waals surface area contributed by atoms with Crippen LogP contribution in [-0.2, 0) is 4.79 Å². The minimum absolute atomic E-state index is 0.296. The van der Waals surface area contributed by atoms with Crippen molar-refractivity contribution in [1.82, 2.24) is 20.8 Å². The number of hydrogen-bond acceptors (Lipinski definition) is 6. The molecule has 26 heavy (non-hydrogen) atoms. The van der Waals surface area contributed by atoms with Crippen LogP contribution in [0.3, 0.4) is 0 Å². The van der Waals surface area contributed by atoms with Gasteiger partial charge in [-0.15, -0.1) is 11.3 Å². The van der Waals surface area contributed by atoms with Gasteiger partial charge in [-0.2, -0.15) is 0 Å². The molecule has 0 aliphatic rings. The van der Waals surface area contributed by atoms with Gasteiger partial charge in [-0.1, -0.05) is 30.0 Å². The third-order valence-electron chi connectivity index (χ3n) is 3.92. The van der Waals surface area contributed by atoms with Crippen LogP contribution in [-0.4, -0.2) is 27.0 Å². The maximum absolute atomic E-state index is 12.3. The number of rotatable bonds is 4. The fourth-order valence-corrected chi connectivity index (χ4v) is 4.38. The van der Waals surface area contributed by atoms with Crippen LogP contribution in [0, 0.1) is 13.8 Å². The first-order chi connectivity index (χ1) is 12.5. The van der Waals surface area contributed by atoms with Crippen molar-refractivity contribution < 1.29 is 9.59 Å². The molecule has 2 heterocycles. The van der Waals surface area contributed by atoms with Gasteiger partial charge in [0.05, 0.1) is 5.25 Å². The molecular weight excluding hydrogens is 368 g/mol. The molecule has 0 radical (unpaired) electrons. The van der Waals surface area contributed by atoms with Crippen LogP contribution in [0.15, 0.2) is 41.7 Å². The van der Waals surface area contributed by atoms with Crippen LogP contribution in [0.1, 0.15) is 27.7 Å². The highest BCUT2D eigenvalue weighted by molar-refractivity contribution is 8.00. The van der Waals surface area contributed by atoms with Crippen LogP contribution >= 0.6 is 23.1 Å². The summed E-state index contributed by atoms with van der Waals surface area (Å²) in [5.41, 5.74) is 6.52. The molecule has 1 aromatic carbocycles. The zero-order valence-electron chi connectivity index (χ0n) is 14.6. The fourth-order valence-electron chi connectivity index (χ4n) is 2.34. The number of hydrogen-bond donors (Lipinski definition) is 2. The number of amides is 2. The van der Waals surface area contributed by atoms with E-state index in [-0.39, 0.29) is 11.8 Å². The number of carbonyl (C=O) groups is 2. The summed E-state index contributed by atoms with van der Waals surface area (Å²) >= 11 is 2.97. The molecule has 0 unspecified atom stereocenters. The monoisotopic (exact) mass is 386 g/mol. The summed E-state index contributed by atoms with van der Waals surface area (Å²) in [5, 5.41) is 1.34. The van der Waals surface area contributed by atoms with E-state index in [2.05, 4.69) is 20.8 Å². The lowest BCUT2D eigenvalue weighted by molar-refractivity contribution is -0.121. The third-order valence-corrected chi connectivity index (χ3v) is 6.14. The van der Waals surface area contributed by atoms with E-state index in [1.165, 1.54) is 23.0 Å². The Morgan fingerprint density at radius 1 is 1.12 bits per heavy atom. The van der Waals surface area contributed by atoms with E-state index < -0.39 is 5.25 Å². The number of benzene rings is 1. The summed E-state index contributed by atoms with van der Waals surface area (Å²) in [4.78, 5) is 35.1. The van der Waals surface area contributed by atoms with E-state index in [0.29, 0.717) is 5.56 Å². The van der Waals surface area contributed by atoms with Crippen LogP contribution in [0.5, 0.6) is 0 Å². The average Bonchev–Trinajstić information content (AvgIpc) is 2.95. The topological polar surface area (TPSA) is 84.0 Å². The molecule has 3 rings (SSSR count). The zero-order valence-corrected chi connectivity index (χ0v) is 16.2. The Kier molecular flexibility index (Phi) is 5.53. The van der Waals surface area contributed by atoms with E-state index >= 15 is 0 Å². The summed E-state index contributed by atoms with van der Waals surface area (Å²) < 4.78 is 0. The van der Waals surface area contributed by atoms with Gasteiger partial charge >= 0.3 is 0 Å². The van der Waals surface area contributed by atoms with Crippen LogP contribution in [0.25, 0.3) is 10.2 Å². The van der Waals surface area contributed by atoms with E-state index in [1.54, 1.807) is 42.5 Å². The van der Waals surface area contributed by atoms with Crippen molar-refractivity contribution in [1.29, 1.82) is 0 Å². The number of aryl methyl sites for hydroxylation is 2. The van der Waals surface area contributed by atoms with Crippen LogP contribution in [0.4, 0.5) is 0 Å². The van der Waals surface area contributed by atoms with Gasteiger partial charge in [0.2, 0.25) is 0 Å². The summed E-state index contributed by atoms with van der Waals surface area (Å²) in [6.45, 7) is 5.86. The molecule has 0 spiro atoms. The molecule has 0 bridgehead atoms. The van der Waals surface area contributed by atoms with Crippen molar-refractivity contribution in [3.63, 3.8) is 0 Å². The second kappa shape index (κ2) is 7.84. The van der Waals surface area contributed by atoms with Crippen LogP contribution in [0.2, 0.25) is 0 Å². The largest absolute Gasteiger partial charge is 0.272 e. The first-order valence-corrected chi connectivity index (χ1v) is 9.69. The smallest absolute Gasteiger partial charge is 0.269 e. The highest BCUT2D eigenvalue weighted by Gasteiger charge is 2.20. The minimum atomic E-state index is -0.427. The summed E-state index contributed by atoms with van der Waals surface area (Å²) in [6.07, 6.45) is 1.52. The van der Waals surface area contributed by atoms with Gasteiger partial charge < -0.3 is 0 Å². The number of carbonyl (C=O) groups excluding carboxylic acids is 2. The van der Waals surface area contributed by atoms with Gasteiger partial charge in [0, 0.05) is 15.8 Å². The molecule has 2 amide bonds. The third kappa shape index (κ3) is 3.86. The predicted molar refractivity (Wildman–Crippen MR) is 104 cm³/mol. The molecule has 0 saturated heterocycles. The lowest BCUT2D eigenvalue weighted by atomic mass is 10.2. The van der Waals surface area contributed by atoms with Gasteiger partial charge in [0.25, 0.3) is 11.8 Å². The number of aromatic nitrogens is 2. The first-order valence-electron chi connectivity index (χ1n) is 8.00. The highest BCUT2D eigenvalue weighted by atomic mass is 32.2. The van der Waals surface area contributed by atoms with Gasteiger partial charge in [-0.05, 0) is 38.5 Å². The predicted octanol–water partition coefficient (Wildman–Crippen LogP) is 3.25. The number of nitrogens with zero attached hydrogens (tertiary/aromatic N) is 2. The van der Waals surface area contributed by atoms with Crippen molar-refractivity contribution in [3.8, 4) is 0 Å². The second-order valence-corrected chi connectivity index (χ2v) is 8.24. The Balaban J connectivity index is 1.66. The Morgan fingerprint density at radius 3 is 2.58 bits per heavy atom. The zero-order chi connectivity index (χ0) is 18.7. The molecule has 2 aromatic heterocycles. The number of thioether (sulfide) groups is 1. The Bertz CT molecular complexity index is 956. The molecule has 0 saturated carbocycles. The molecule has 0 aliphatic heterocycles. The molecule has 0 aliphatic carbocycles. The van der Waals surface area contributed by atoms with Crippen molar-refractivity contribution in [3.05, 3.63) is 52.7 Å². The van der Waals surface area contributed by atoms with Gasteiger partial charge in [-0.3, -0.25) is 20.4 Å². The number of nitrogens with one attached hydrogen (secondary N) is 2. The van der Waals surface area contributed by atoms with Crippen molar-refractivity contribution >= 4 is 45.1 Å². The van der Waals surface area contributed by atoms with Crippen molar-refractivity contribution in [2.75, 3.05) is 0 Å². The number of thiophene rings is 1. The minimum Gasteiger partial charge on any atom is -0.272 e. The molecule has 2 N–H and O–H groups in total. The molecule has 8 heteroatoms. The second-order valence-electron chi connectivity index (χ2n) is 5.71. The first kappa shape index (κ1) is 18.3. The van der Waals surface area contributed by atoms with E-state index in [0.717, 1.165) is 20.8 Å². The molecule has 6 nitrogen and oxygen atoms in total. The van der Waals surface area contributed by atoms with Gasteiger partial charge in [-0.25, -0.2) is 9.97 Å². The lowest BCUT2D eigenvalue weighted by Gasteiger charge is -2.13. The molecular formula is C18H18N4O2S2. The summed E-state index contributed by atoms with van der Waals surface area (Å²) in [7, 11) is 0.